The van der Waals surface area contributed by atoms with Crippen LogP contribution in [0.1, 0.15) is 59.3 Å². The zero-order valence-corrected chi connectivity index (χ0v) is 10.5. The maximum atomic E-state index is 9.60. The molecule has 0 spiro atoms. The first-order valence-corrected chi connectivity index (χ1v) is 5.35. The van der Waals surface area contributed by atoms with Crippen LogP contribution in [-0.4, -0.2) is 28.8 Å². The van der Waals surface area contributed by atoms with E-state index in [1.165, 1.54) is 25.7 Å². The number of hydrogen-bond acceptors (Lipinski definition) is 2. The van der Waals surface area contributed by atoms with Crippen molar-refractivity contribution in [2.45, 2.75) is 59.3 Å². The van der Waals surface area contributed by atoms with E-state index >= 15 is 0 Å². The van der Waals surface area contributed by atoms with Crippen molar-refractivity contribution in [2.24, 2.45) is 0 Å². The fraction of sp³-hybridized carbons (Fsp3) is 0.909. The van der Waals surface area contributed by atoms with E-state index in [2.05, 4.69) is 13.8 Å². The Labute approximate surface area is 93.6 Å². The summed E-state index contributed by atoms with van der Waals surface area (Å²) in [7, 11) is 1.00. The highest BCUT2D eigenvalue weighted by molar-refractivity contribution is 5.66. The molecule has 0 atom stereocenters. The third-order valence-corrected chi connectivity index (χ3v) is 1.42. The summed E-state index contributed by atoms with van der Waals surface area (Å²) >= 11 is 0. The van der Waals surface area contributed by atoms with E-state index in [1.807, 2.05) is 6.92 Å². The molecule has 4 N–H and O–H groups in total. The van der Waals surface area contributed by atoms with Crippen molar-refractivity contribution in [2.75, 3.05) is 7.11 Å². The van der Waals surface area contributed by atoms with E-state index in [1.54, 1.807) is 0 Å². The average molecular weight is 224 g/mol. The Hall–Kier alpha value is -0.610. The van der Waals surface area contributed by atoms with Crippen LogP contribution in [0, 0.1) is 0 Å². The zero-order chi connectivity index (χ0) is 11.8. The number of aliphatic hydroxyl groups excluding tert-OH is 1. The molecule has 0 aromatic rings. The summed E-state index contributed by atoms with van der Waals surface area (Å²) in [5.74, 6) is -0.711. The van der Waals surface area contributed by atoms with Crippen LogP contribution in [-0.2, 0) is 4.79 Å². The molecule has 96 valence electrons. The monoisotopic (exact) mass is 224 g/mol. The molecule has 0 heterocycles. The van der Waals surface area contributed by atoms with E-state index in [0.717, 1.165) is 13.5 Å². The minimum Gasteiger partial charge on any atom is -0.481 e. The molecule has 0 radical (unpaired) electrons. The first-order chi connectivity index (χ1) is 6.68. The minimum atomic E-state index is -0.711. The van der Waals surface area contributed by atoms with Crippen LogP contribution in [0.2, 0.25) is 0 Å². The fourth-order valence-electron chi connectivity index (χ4n) is 0.714. The Bertz CT molecular complexity index is 90.6. The molecule has 0 amide bonds. The number of carboxylic acids is 1. The zero-order valence-electron chi connectivity index (χ0n) is 10.5. The van der Waals surface area contributed by atoms with Crippen molar-refractivity contribution in [3.8, 4) is 0 Å². The van der Waals surface area contributed by atoms with Gasteiger partial charge in [-0.05, 0) is 6.42 Å². The Morgan fingerprint density at radius 1 is 0.933 bits per heavy atom. The molecule has 0 saturated carbocycles. The van der Waals surface area contributed by atoms with Crippen molar-refractivity contribution in [3.63, 3.8) is 0 Å². The topological polar surface area (TPSA) is 89.0 Å². The van der Waals surface area contributed by atoms with Gasteiger partial charge in [0.25, 0.3) is 0 Å². The quantitative estimate of drug-likeness (QED) is 0.702. The van der Waals surface area contributed by atoms with Crippen LogP contribution >= 0.6 is 0 Å². The van der Waals surface area contributed by atoms with Gasteiger partial charge in [0.2, 0.25) is 0 Å². The number of unbranched alkanes of at least 4 members (excludes halogenated alkanes) is 3. The molecular formula is C11H28O4. The molecule has 0 aliphatic heterocycles. The minimum absolute atomic E-state index is 0. The van der Waals surface area contributed by atoms with Gasteiger partial charge >= 0.3 is 5.97 Å². The molecule has 0 saturated heterocycles. The van der Waals surface area contributed by atoms with Gasteiger partial charge in [-0.2, -0.15) is 0 Å². The number of aliphatic carboxylic acids is 1. The van der Waals surface area contributed by atoms with Crippen molar-refractivity contribution in [1.29, 1.82) is 0 Å². The Kier molecular flexibility index (Phi) is 46.5. The van der Waals surface area contributed by atoms with Crippen molar-refractivity contribution >= 4 is 5.97 Å². The molecule has 0 unspecified atom stereocenters. The summed E-state index contributed by atoms with van der Waals surface area (Å²) < 4.78 is 0. The molecule has 0 aromatic carbocycles. The van der Waals surface area contributed by atoms with Gasteiger partial charge in [-0.1, -0.05) is 46.5 Å². The molecule has 0 aliphatic carbocycles. The number of rotatable bonds is 5. The number of hydrogen-bond donors (Lipinski definition) is 2. The smallest absolute Gasteiger partial charge is 0.303 e. The first-order valence-electron chi connectivity index (χ1n) is 5.35. The molecule has 0 rings (SSSR count). The summed E-state index contributed by atoms with van der Waals surface area (Å²) in [5.41, 5.74) is 0. The Balaban J connectivity index is -0.0000000653. The summed E-state index contributed by atoms with van der Waals surface area (Å²) in [5, 5.41) is 14.9. The average Bonchev–Trinajstić information content (AvgIpc) is 2.18. The van der Waals surface area contributed by atoms with Crippen molar-refractivity contribution < 1.29 is 20.5 Å². The van der Waals surface area contributed by atoms with Gasteiger partial charge in [0.1, 0.15) is 0 Å². The number of carbonyl (C=O) groups is 1. The van der Waals surface area contributed by atoms with Gasteiger partial charge < -0.3 is 15.7 Å². The highest BCUT2D eigenvalue weighted by atomic mass is 16.4. The molecule has 0 fully saturated rings. The highest BCUT2D eigenvalue weighted by Crippen LogP contribution is 1.95. The third-order valence-electron chi connectivity index (χ3n) is 1.42. The number of carboxylic acid groups (broad SMARTS) is 1. The van der Waals surface area contributed by atoms with Crippen LogP contribution < -0.4 is 0 Å². The predicted octanol–water partition coefficient (Wildman–Crippen LogP) is 2.24. The maximum Gasteiger partial charge on any atom is 0.303 e. The second kappa shape index (κ2) is 29.2. The van der Waals surface area contributed by atoms with Gasteiger partial charge in [-0.3, -0.25) is 4.79 Å². The summed E-state index contributed by atoms with van der Waals surface area (Å²) in [4.78, 5) is 9.60. The van der Waals surface area contributed by atoms with Crippen LogP contribution in [0.4, 0.5) is 0 Å². The third kappa shape index (κ3) is 59.8. The lowest BCUT2D eigenvalue weighted by Crippen LogP contribution is -1.90. The SMILES string of the molecule is CCCC(=O)O.CCCCCC.CO.O. The van der Waals surface area contributed by atoms with Crippen molar-refractivity contribution in [3.05, 3.63) is 0 Å². The summed E-state index contributed by atoms with van der Waals surface area (Å²) in [6.07, 6.45) is 6.56. The lowest BCUT2D eigenvalue weighted by molar-refractivity contribution is -0.137. The molecular weight excluding hydrogens is 196 g/mol. The molecule has 4 nitrogen and oxygen atoms in total. The van der Waals surface area contributed by atoms with Crippen LogP contribution in [0.3, 0.4) is 0 Å². The van der Waals surface area contributed by atoms with E-state index in [0.29, 0.717) is 6.42 Å². The number of aliphatic hydroxyl groups is 1. The van der Waals surface area contributed by atoms with Crippen LogP contribution in [0.15, 0.2) is 0 Å². The Morgan fingerprint density at radius 3 is 1.33 bits per heavy atom. The van der Waals surface area contributed by atoms with E-state index < -0.39 is 5.97 Å². The standard InChI is InChI=1S/C6H14.C4H8O2.CH4O.H2O/c1-3-5-6-4-2;1-2-3-4(5)6;1-2;/h3-6H2,1-2H3;2-3H2,1H3,(H,5,6);2H,1H3;1H2. The first kappa shape index (κ1) is 23.9. The lowest BCUT2D eigenvalue weighted by atomic mass is 10.2. The molecule has 4 heteroatoms. The largest absolute Gasteiger partial charge is 0.481 e. The summed E-state index contributed by atoms with van der Waals surface area (Å²) in [6, 6.07) is 0. The predicted molar refractivity (Wildman–Crippen MR) is 64.1 cm³/mol. The lowest BCUT2D eigenvalue weighted by Gasteiger charge is -1.86. The van der Waals surface area contributed by atoms with E-state index in [-0.39, 0.29) is 5.48 Å². The highest BCUT2D eigenvalue weighted by Gasteiger charge is 1.87. The fourth-order valence-corrected chi connectivity index (χ4v) is 0.714. The van der Waals surface area contributed by atoms with Crippen LogP contribution in [0.25, 0.3) is 0 Å². The second-order valence-corrected chi connectivity index (χ2v) is 2.85. The van der Waals surface area contributed by atoms with Gasteiger partial charge in [-0.25, -0.2) is 0 Å². The molecule has 0 aromatic heterocycles. The van der Waals surface area contributed by atoms with Gasteiger partial charge in [0.15, 0.2) is 0 Å². The second-order valence-electron chi connectivity index (χ2n) is 2.85. The summed E-state index contributed by atoms with van der Waals surface area (Å²) in [6.45, 7) is 6.30. The maximum absolute atomic E-state index is 9.60. The normalized spacial score (nSPS) is 7.27. The molecule has 0 bridgehead atoms. The molecule has 0 aliphatic rings. The van der Waals surface area contributed by atoms with E-state index in [9.17, 15) is 4.79 Å². The van der Waals surface area contributed by atoms with Crippen molar-refractivity contribution in [1.82, 2.24) is 0 Å². The van der Waals surface area contributed by atoms with E-state index in [4.69, 9.17) is 10.2 Å². The molecule has 15 heavy (non-hydrogen) atoms. The van der Waals surface area contributed by atoms with Gasteiger partial charge in [-0.15, -0.1) is 0 Å². The van der Waals surface area contributed by atoms with Gasteiger partial charge in [0, 0.05) is 13.5 Å². The Morgan fingerprint density at radius 2 is 1.27 bits per heavy atom. The van der Waals surface area contributed by atoms with Gasteiger partial charge in [0.05, 0.1) is 0 Å². The van der Waals surface area contributed by atoms with Crippen LogP contribution in [0.5, 0.6) is 0 Å².